The van der Waals surface area contributed by atoms with E-state index in [1.54, 1.807) is 11.3 Å². The second-order valence-electron chi connectivity index (χ2n) is 5.03. The van der Waals surface area contributed by atoms with Gasteiger partial charge in [0.1, 0.15) is 0 Å². The van der Waals surface area contributed by atoms with E-state index in [9.17, 15) is 0 Å². The van der Waals surface area contributed by atoms with Crippen LogP contribution in [0.5, 0.6) is 0 Å². The van der Waals surface area contributed by atoms with E-state index < -0.39 is 0 Å². The molecule has 0 amide bonds. The van der Waals surface area contributed by atoms with Crippen molar-refractivity contribution in [2.24, 2.45) is 11.1 Å². The SMILES string of the molecule is CC1(C(C)(CN)NCc2cccs2)CC1. The Morgan fingerprint density at radius 2 is 2.33 bits per heavy atom. The van der Waals surface area contributed by atoms with Crippen LogP contribution in [0.3, 0.4) is 0 Å². The summed E-state index contributed by atoms with van der Waals surface area (Å²) in [6.45, 7) is 6.25. The van der Waals surface area contributed by atoms with Gasteiger partial charge in [-0.25, -0.2) is 0 Å². The van der Waals surface area contributed by atoms with Crippen LogP contribution in [0.4, 0.5) is 0 Å². The smallest absolute Gasteiger partial charge is 0.0332 e. The minimum Gasteiger partial charge on any atom is -0.329 e. The Kier molecular flexibility index (Phi) is 2.88. The highest BCUT2D eigenvalue weighted by Crippen LogP contribution is 2.53. The number of rotatable bonds is 5. The van der Waals surface area contributed by atoms with E-state index in [0.29, 0.717) is 5.41 Å². The average Bonchev–Trinajstić information content (AvgIpc) is 2.82. The van der Waals surface area contributed by atoms with Crippen molar-refractivity contribution in [3.63, 3.8) is 0 Å². The molecule has 0 saturated heterocycles. The van der Waals surface area contributed by atoms with Gasteiger partial charge in [-0.05, 0) is 36.6 Å². The second kappa shape index (κ2) is 3.89. The zero-order valence-corrected chi connectivity index (χ0v) is 10.4. The molecule has 0 aromatic carbocycles. The fraction of sp³-hybridized carbons (Fsp3) is 0.667. The van der Waals surface area contributed by atoms with Gasteiger partial charge in [-0.1, -0.05) is 13.0 Å². The topological polar surface area (TPSA) is 38.0 Å². The molecule has 1 saturated carbocycles. The van der Waals surface area contributed by atoms with Crippen LogP contribution in [0.25, 0.3) is 0 Å². The average molecular weight is 224 g/mol. The van der Waals surface area contributed by atoms with Gasteiger partial charge >= 0.3 is 0 Å². The van der Waals surface area contributed by atoms with Crippen LogP contribution in [0.2, 0.25) is 0 Å². The predicted octanol–water partition coefficient (Wildman–Crippen LogP) is 2.36. The lowest BCUT2D eigenvalue weighted by atomic mass is 9.84. The van der Waals surface area contributed by atoms with Gasteiger partial charge in [0.05, 0.1) is 0 Å². The molecule has 0 aliphatic heterocycles. The Morgan fingerprint density at radius 1 is 1.60 bits per heavy atom. The Morgan fingerprint density at radius 3 is 2.80 bits per heavy atom. The van der Waals surface area contributed by atoms with Crippen LogP contribution in [0.1, 0.15) is 31.6 Å². The number of thiophene rings is 1. The number of nitrogens with two attached hydrogens (primary N) is 1. The minimum atomic E-state index is 0.0942. The fourth-order valence-electron chi connectivity index (χ4n) is 1.97. The molecule has 1 fully saturated rings. The summed E-state index contributed by atoms with van der Waals surface area (Å²) < 4.78 is 0. The molecule has 1 atom stereocenters. The molecule has 1 aliphatic rings. The highest BCUT2D eigenvalue weighted by Gasteiger charge is 2.51. The third-order valence-corrected chi connectivity index (χ3v) is 4.85. The largest absolute Gasteiger partial charge is 0.329 e. The summed E-state index contributed by atoms with van der Waals surface area (Å²) in [7, 11) is 0. The number of hydrogen-bond donors (Lipinski definition) is 2. The summed E-state index contributed by atoms with van der Waals surface area (Å²) in [5.74, 6) is 0. The van der Waals surface area contributed by atoms with E-state index in [-0.39, 0.29) is 5.54 Å². The number of nitrogens with one attached hydrogen (secondary N) is 1. The Labute approximate surface area is 95.9 Å². The third kappa shape index (κ3) is 2.10. The zero-order chi connectivity index (χ0) is 10.9. The van der Waals surface area contributed by atoms with Crippen LogP contribution in [0.15, 0.2) is 17.5 Å². The van der Waals surface area contributed by atoms with Crippen molar-refractivity contribution in [3.05, 3.63) is 22.4 Å². The van der Waals surface area contributed by atoms with Crippen molar-refractivity contribution in [2.45, 2.75) is 38.8 Å². The van der Waals surface area contributed by atoms with Crippen LogP contribution in [-0.4, -0.2) is 12.1 Å². The molecular weight excluding hydrogens is 204 g/mol. The molecule has 84 valence electrons. The highest BCUT2D eigenvalue weighted by atomic mass is 32.1. The van der Waals surface area contributed by atoms with Gasteiger partial charge in [0.15, 0.2) is 0 Å². The summed E-state index contributed by atoms with van der Waals surface area (Å²) in [4.78, 5) is 1.39. The summed E-state index contributed by atoms with van der Waals surface area (Å²) in [6, 6.07) is 4.27. The van der Waals surface area contributed by atoms with E-state index in [4.69, 9.17) is 5.73 Å². The van der Waals surface area contributed by atoms with Crippen molar-refractivity contribution >= 4 is 11.3 Å². The van der Waals surface area contributed by atoms with E-state index >= 15 is 0 Å². The molecule has 0 bridgehead atoms. The van der Waals surface area contributed by atoms with Crippen molar-refractivity contribution < 1.29 is 0 Å². The van der Waals surface area contributed by atoms with Crippen molar-refractivity contribution in [3.8, 4) is 0 Å². The van der Waals surface area contributed by atoms with Gasteiger partial charge in [0, 0.05) is 23.5 Å². The van der Waals surface area contributed by atoms with E-state index in [1.807, 2.05) is 0 Å². The molecule has 3 heteroatoms. The predicted molar refractivity (Wildman–Crippen MR) is 66.0 cm³/mol. The molecule has 2 rings (SSSR count). The first-order valence-corrected chi connectivity index (χ1v) is 6.45. The fourth-order valence-corrected chi connectivity index (χ4v) is 2.61. The van der Waals surface area contributed by atoms with Gasteiger partial charge in [-0.15, -0.1) is 11.3 Å². The van der Waals surface area contributed by atoms with Crippen LogP contribution >= 0.6 is 11.3 Å². The molecule has 0 radical (unpaired) electrons. The Hall–Kier alpha value is -0.380. The summed E-state index contributed by atoms with van der Waals surface area (Å²) in [5.41, 5.74) is 6.42. The van der Waals surface area contributed by atoms with Crippen molar-refractivity contribution in [1.29, 1.82) is 0 Å². The lowest BCUT2D eigenvalue weighted by Gasteiger charge is -2.36. The molecule has 1 unspecified atom stereocenters. The molecule has 1 aromatic heterocycles. The van der Waals surface area contributed by atoms with Gasteiger partial charge in [0.2, 0.25) is 0 Å². The minimum absolute atomic E-state index is 0.0942. The first kappa shape index (κ1) is 11.1. The maximum atomic E-state index is 5.91. The Balaban J connectivity index is 1.97. The molecule has 1 aliphatic carbocycles. The first-order chi connectivity index (χ1) is 7.10. The van der Waals surface area contributed by atoms with Crippen molar-refractivity contribution in [2.75, 3.05) is 6.54 Å². The van der Waals surface area contributed by atoms with E-state index in [2.05, 4.69) is 36.7 Å². The molecule has 15 heavy (non-hydrogen) atoms. The molecule has 1 heterocycles. The monoisotopic (exact) mass is 224 g/mol. The molecule has 2 nitrogen and oxygen atoms in total. The standard InChI is InChI=1S/C12H20N2S/c1-11(5-6-11)12(2,9-13)14-8-10-4-3-7-15-10/h3-4,7,14H,5-6,8-9,13H2,1-2H3. The zero-order valence-electron chi connectivity index (χ0n) is 9.55. The summed E-state index contributed by atoms with van der Waals surface area (Å²) in [6.07, 6.45) is 2.61. The van der Waals surface area contributed by atoms with Gasteiger partial charge in [-0.2, -0.15) is 0 Å². The second-order valence-corrected chi connectivity index (χ2v) is 6.06. The van der Waals surface area contributed by atoms with Gasteiger partial charge in [0.25, 0.3) is 0 Å². The summed E-state index contributed by atoms with van der Waals surface area (Å²) >= 11 is 1.80. The molecule has 3 N–H and O–H groups in total. The van der Waals surface area contributed by atoms with Gasteiger partial charge in [-0.3, -0.25) is 0 Å². The lowest BCUT2D eigenvalue weighted by Crippen LogP contribution is -2.54. The normalized spacial score (nSPS) is 22.3. The lowest BCUT2D eigenvalue weighted by molar-refractivity contribution is 0.230. The molecule has 1 aromatic rings. The van der Waals surface area contributed by atoms with Crippen LogP contribution in [0, 0.1) is 5.41 Å². The van der Waals surface area contributed by atoms with Gasteiger partial charge < -0.3 is 11.1 Å². The van der Waals surface area contributed by atoms with E-state index in [0.717, 1.165) is 13.1 Å². The van der Waals surface area contributed by atoms with E-state index in [1.165, 1.54) is 17.7 Å². The Bertz CT molecular complexity index is 316. The summed E-state index contributed by atoms with van der Waals surface area (Å²) in [5, 5.41) is 5.76. The quantitative estimate of drug-likeness (QED) is 0.806. The first-order valence-electron chi connectivity index (χ1n) is 5.57. The maximum Gasteiger partial charge on any atom is 0.0332 e. The van der Waals surface area contributed by atoms with Crippen LogP contribution in [-0.2, 0) is 6.54 Å². The maximum absolute atomic E-state index is 5.91. The van der Waals surface area contributed by atoms with Crippen molar-refractivity contribution in [1.82, 2.24) is 5.32 Å². The van der Waals surface area contributed by atoms with Crippen LogP contribution < -0.4 is 11.1 Å². The molecular formula is C12H20N2S. The number of hydrogen-bond acceptors (Lipinski definition) is 3. The molecule has 0 spiro atoms. The highest BCUT2D eigenvalue weighted by molar-refractivity contribution is 7.09. The third-order valence-electron chi connectivity index (χ3n) is 3.97.